The number of amides is 2. The third-order valence-electron chi connectivity index (χ3n) is 6.66. The minimum Gasteiger partial charge on any atom is -0.490 e. The highest BCUT2D eigenvalue weighted by Gasteiger charge is 2.37. The summed E-state index contributed by atoms with van der Waals surface area (Å²) in [7, 11) is 0. The van der Waals surface area contributed by atoms with Gasteiger partial charge in [-0.2, -0.15) is 0 Å². The Labute approximate surface area is 200 Å². The second-order valence-corrected chi connectivity index (χ2v) is 9.41. The smallest absolute Gasteiger partial charge is 0.259 e. The molecule has 3 heterocycles. The van der Waals surface area contributed by atoms with Crippen LogP contribution in [0.5, 0.6) is 5.75 Å². The first-order chi connectivity index (χ1) is 16.0. The fourth-order valence-electron chi connectivity index (χ4n) is 4.85. The number of hydrogen-bond donors (Lipinski definition) is 0. The van der Waals surface area contributed by atoms with Crippen molar-refractivity contribution in [3.8, 4) is 5.75 Å². The Morgan fingerprint density at radius 3 is 2.70 bits per heavy atom. The van der Waals surface area contributed by atoms with E-state index in [0.717, 1.165) is 25.9 Å². The van der Waals surface area contributed by atoms with Gasteiger partial charge in [-0.3, -0.25) is 9.59 Å². The van der Waals surface area contributed by atoms with Crippen molar-refractivity contribution in [2.45, 2.75) is 58.5 Å². The molecule has 4 rings (SSSR count). The van der Waals surface area contributed by atoms with E-state index in [1.807, 2.05) is 28.9 Å². The lowest BCUT2D eigenvalue weighted by Crippen LogP contribution is -2.50. The van der Waals surface area contributed by atoms with E-state index in [2.05, 4.69) is 5.16 Å². The van der Waals surface area contributed by atoms with Gasteiger partial charge in [-0.15, -0.1) is 0 Å². The van der Waals surface area contributed by atoms with Gasteiger partial charge in [0.05, 0.1) is 5.69 Å². The van der Waals surface area contributed by atoms with Crippen LogP contribution in [0.4, 0.5) is 0 Å². The number of nitrogens with zero attached hydrogens (tertiary/aromatic N) is 3. The van der Waals surface area contributed by atoms with Crippen LogP contribution in [-0.4, -0.2) is 59.1 Å². The molecule has 0 unspecified atom stereocenters. The molecule has 8 heteroatoms. The van der Waals surface area contributed by atoms with Crippen LogP contribution in [0.15, 0.2) is 28.8 Å². The number of aryl methyl sites for hydroxylation is 2. The first kappa shape index (κ1) is 23.6. The molecule has 7 nitrogen and oxygen atoms in total. The van der Waals surface area contributed by atoms with Gasteiger partial charge in [0.25, 0.3) is 5.91 Å². The first-order valence-corrected chi connectivity index (χ1v) is 12.3. The van der Waals surface area contributed by atoms with Crippen LogP contribution in [0.2, 0.25) is 5.02 Å². The Hall–Kier alpha value is -2.54. The van der Waals surface area contributed by atoms with E-state index < -0.39 is 0 Å². The van der Waals surface area contributed by atoms with Gasteiger partial charge >= 0.3 is 0 Å². The molecule has 2 fully saturated rings. The SMILES string of the molecule is CCc1noc(C)c1C(=O)N1CC[C@H](Oc2cccc(Cl)c2)[C@@H](CC(=O)N2CCCCC2)C1. The summed E-state index contributed by atoms with van der Waals surface area (Å²) in [5.41, 5.74) is 1.23. The van der Waals surface area contributed by atoms with Crippen LogP contribution in [0.1, 0.15) is 60.8 Å². The Kier molecular flexibility index (Phi) is 7.58. The second-order valence-electron chi connectivity index (χ2n) is 8.97. The number of ether oxygens (including phenoxy) is 1. The van der Waals surface area contributed by atoms with Crippen molar-refractivity contribution in [2.75, 3.05) is 26.2 Å². The topological polar surface area (TPSA) is 75.9 Å². The van der Waals surface area contributed by atoms with Crippen molar-refractivity contribution in [1.82, 2.24) is 15.0 Å². The van der Waals surface area contributed by atoms with Crippen molar-refractivity contribution < 1.29 is 18.8 Å². The number of benzene rings is 1. The third-order valence-corrected chi connectivity index (χ3v) is 6.90. The first-order valence-electron chi connectivity index (χ1n) is 11.9. The van der Waals surface area contributed by atoms with E-state index in [9.17, 15) is 9.59 Å². The summed E-state index contributed by atoms with van der Waals surface area (Å²) in [6, 6.07) is 7.32. The lowest BCUT2D eigenvalue weighted by Gasteiger charge is -2.39. The molecule has 2 amide bonds. The average Bonchev–Trinajstić information content (AvgIpc) is 3.20. The Bertz CT molecular complexity index is 986. The number of carbonyl (C=O) groups excluding carboxylic acids is 2. The predicted molar refractivity (Wildman–Crippen MR) is 126 cm³/mol. The van der Waals surface area contributed by atoms with Crippen LogP contribution in [0.25, 0.3) is 0 Å². The van der Waals surface area contributed by atoms with Gasteiger partial charge in [0.2, 0.25) is 5.91 Å². The van der Waals surface area contributed by atoms with Gasteiger partial charge in [-0.25, -0.2) is 0 Å². The predicted octanol–water partition coefficient (Wildman–Crippen LogP) is 4.51. The number of rotatable bonds is 6. The molecule has 2 aliphatic rings. The maximum absolute atomic E-state index is 13.4. The fourth-order valence-corrected chi connectivity index (χ4v) is 5.03. The van der Waals surface area contributed by atoms with Crippen LogP contribution < -0.4 is 4.74 Å². The standard InChI is InChI=1S/C25H32ClN3O4/c1-3-21-24(17(2)33-27-21)25(31)29-13-10-22(32-20-9-7-8-19(26)15-20)18(16-29)14-23(30)28-11-5-4-6-12-28/h7-9,15,18,22H,3-6,10-14,16H2,1-2H3/t18-,22-/m0/s1. The van der Waals surface area contributed by atoms with E-state index in [1.54, 1.807) is 19.1 Å². The molecule has 33 heavy (non-hydrogen) atoms. The molecule has 0 aliphatic carbocycles. The number of piperidine rings is 2. The summed E-state index contributed by atoms with van der Waals surface area (Å²) < 4.78 is 11.6. The maximum Gasteiger partial charge on any atom is 0.259 e. The van der Waals surface area contributed by atoms with Gasteiger partial charge in [-0.05, 0) is 50.8 Å². The van der Waals surface area contributed by atoms with Crippen LogP contribution in [0.3, 0.4) is 0 Å². The molecule has 2 atom stereocenters. The van der Waals surface area contributed by atoms with Gasteiger partial charge < -0.3 is 19.1 Å². The van der Waals surface area contributed by atoms with E-state index in [4.69, 9.17) is 20.9 Å². The lowest BCUT2D eigenvalue weighted by molar-refractivity contribution is -0.134. The number of carbonyl (C=O) groups is 2. The van der Waals surface area contributed by atoms with Crippen molar-refractivity contribution in [3.63, 3.8) is 0 Å². The van der Waals surface area contributed by atoms with Gasteiger partial charge in [0, 0.05) is 50.0 Å². The van der Waals surface area contributed by atoms with Gasteiger partial charge in [-0.1, -0.05) is 29.7 Å². The number of halogens is 1. The number of aromatic nitrogens is 1. The van der Waals surface area contributed by atoms with Crippen molar-refractivity contribution in [3.05, 3.63) is 46.3 Å². The summed E-state index contributed by atoms with van der Waals surface area (Å²) in [5.74, 6) is 1.17. The summed E-state index contributed by atoms with van der Waals surface area (Å²) >= 11 is 6.14. The Morgan fingerprint density at radius 1 is 1.18 bits per heavy atom. The highest BCUT2D eigenvalue weighted by atomic mass is 35.5. The normalized spacial score (nSPS) is 21.2. The van der Waals surface area contributed by atoms with Crippen LogP contribution in [-0.2, 0) is 11.2 Å². The summed E-state index contributed by atoms with van der Waals surface area (Å²) in [4.78, 5) is 30.3. The lowest BCUT2D eigenvalue weighted by atomic mass is 9.90. The molecule has 1 aromatic heterocycles. The molecule has 178 valence electrons. The minimum atomic E-state index is -0.171. The van der Waals surface area contributed by atoms with Crippen molar-refractivity contribution >= 4 is 23.4 Å². The molecule has 0 N–H and O–H groups in total. The molecule has 1 aromatic carbocycles. The second kappa shape index (κ2) is 10.6. The number of likely N-dealkylation sites (tertiary alicyclic amines) is 2. The molecule has 0 spiro atoms. The summed E-state index contributed by atoms with van der Waals surface area (Å²) in [5, 5.41) is 4.64. The summed E-state index contributed by atoms with van der Waals surface area (Å²) in [6.45, 7) is 6.36. The zero-order valence-electron chi connectivity index (χ0n) is 19.4. The molecule has 2 aliphatic heterocycles. The summed E-state index contributed by atoms with van der Waals surface area (Å²) in [6.07, 6.45) is 4.74. The highest BCUT2D eigenvalue weighted by Crippen LogP contribution is 2.29. The minimum absolute atomic E-state index is 0.0813. The molecule has 2 aromatic rings. The molecule has 2 saturated heterocycles. The van der Waals surface area contributed by atoms with Crippen LogP contribution in [0, 0.1) is 12.8 Å². The molecule has 0 saturated carbocycles. The maximum atomic E-state index is 13.4. The zero-order valence-corrected chi connectivity index (χ0v) is 20.1. The zero-order chi connectivity index (χ0) is 23.4. The fraction of sp³-hybridized carbons (Fsp3) is 0.560. The van der Waals surface area contributed by atoms with Gasteiger partial charge in [0.15, 0.2) is 0 Å². The average molecular weight is 474 g/mol. The number of hydrogen-bond acceptors (Lipinski definition) is 5. The van der Waals surface area contributed by atoms with Crippen LogP contribution >= 0.6 is 11.6 Å². The van der Waals surface area contributed by atoms with E-state index in [1.165, 1.54) is 6.42 Å². The van der Waals surface area contributed by atoms with Crippen molar-refractivity contribution in [2.24, 2.45) is 5.92 Å². The molecule has 0 radical (unpaired) electrons. The van der Waals surface area contributed by atoms with E-state index >= 15 is 0 Å². The van der Waals surface area contributed by atoms with Gasteiger partial charge in [0.1, 0.15) is 23.2 Å². The molecular weight excluding hydrogens is 442 g/mol. The Balaban J connectivity index is 1.52. The third kappa shape index (κ3) is 5.52. The Morgan fingerprint density at radius 2 is 1.97 bits per heavy atom. The van der Waals surface area contributed by atoms with E-state index in [-0.39, 0.29) is 23.8 Å². The molecule has 0 bridgehead atoms. The molecular formula is C25H32ClN3O4. The van der Waals surface area contributed by atoms with E-state index in [0.29, 0.717) is 60.1 Å². The van der Waals surface area contributed by atoms with Crippen molar-refractivity contribution in [1.29, 1.82) is 0 Å². The monoisotopic (exact) mass is 473 g/mol. The highest BCUT2D eigenvalue weighted by molar-refractivity contribution is 6.30. The largest absolute Gasteiger partial charge is 0.490 e. The quantitative estimate of drug-likeness (QED) is 0.617.